The van der Waals surface area contributed by atoms with Gasteiger partial charge in [0.2, 0.25) is 5.91 Å². The number of aryl methyl sites for hydroxylation is 1. The van der Waals surface area contributed by atoms with Crippen LogP contribution in [0, 0.1) is 5.92 Å². The van der Waals surface area contributed by atoms with Crippen LogP contribution in [0.3, 0.4) is 0 Å². The number of anilines is 1. The molecule has 0 aromatic heterocycles. The molecular formula is C32H41N3O8. The van der Waals surface area contributed by atoms with Gasteiger partial charge in [0.15, 0.2) is 0 Å². The number of hydrogen-bond donors (Lipinski definition) is 2. The van der Waals surface area contributed by atoms with Crippen molar-refractivity contribution in [1.82, 2.24) is 10.2 Å². The van der Waals surface area contributed by atoms with Gasteiger partial charge in [0, 0.05) is 25.4 Å². The Morgan fingerprint density at radius 3 is 2.44 bits per heavy atom. The van der Waals surface area contributed by atoms with Gasteiger partial charge in [-0.25, -0.2) is 4.79 Å². The molecule has 0 saturated carbocycles. The van der Waals surface area contributed by atoms with E-state index in [1.165, 1.54) is 4.90 Å². The molecule has 2 N–H and O–H groups in total. The lowest BCUT2D eigenvalue weighted by atomic mass is 9.94. The molecule has 2 aromatic carbocycles. The van der Waals surface area contributed by atoms with Gasteiger partial charge < -0.3 is 24.2 Å². The van der Waals surface area contributed by atoms with E-state index < -0.39 is 36.5 Å². The second kappa shape index (κ2) is 16.0. The highest BCUT2D eigenvalue weighted by atomic mass is 16.6. The maximum absolute atomic E-state index is 13.5. The van der Waals surface area contributed by atoms with E-state index in [2.05, 4.69) is 5.32 Å². The summed E-state index contributed by atoms with van der Waals surface area (Å²) in [5.74, 6) is -1.68. The van der Waals surface area contributed by atoms with Crippen LogP contribution in [0.4, 0.5) is 10.5 Å². The van der Waals surface area contributed by atoms with Crippen LogP contribution in [0.15, 0.2) is 54.6 Å². The Labute approximate surface area is 252 Å². The Kier molecular flexibility index (Phi) is 11.9. The van der Waals surface area contributed by atoms with Gasteiger partial charge in [-0.3, -0.25) is 24.6 Å². The maximum atomic E-state index is 13.5. The molecule has 0 bridgehead atoms. The number of carbonyl (C=O) groups is 4. The molecule has 2 heterocycles. The summed E-state index contributed by atoms with van der Waals surface area (Å²) in [5, 5.41) is 12.6. The second-order valence-corrected chi connectivity index (χ2v) is 10.8. The van der Waals surface area contributed by atoms with Crippen molar-refractivity contribution in [2.45, 2.75) is 57.7 Å². The van der Waals surface area contributed by atoms with Crippen LogP contribution in [0.25, 0.3) is 0 Å². The number of carboxylic acid groups (broad SMARTS) is 1. The summed E-state index contributed by atoms with van der Waals surface area (Å²) in [6.45, 7) is 3.32. The number of ether oxygens (including phenoxy) is 3. The van der Waals surface area contributed by atoms with Crippen LogP contribution in [0.1, 0.15) is 43.7 Å². The highest BCUT2D eigenvalue weighted by molar-refractivity contribution is 6.02. The SMILES string of the molecule is CCOC(=O)[C@H](COCCC1CCN(C(=O)OCc2ccccc2)CC1)N[C@H]1CCc2ccccc2N(CC(=O)O)C1=O. The van der Waals surface area contributed by atoms with Crippen molar-refractivity contribution in [3.8, 4) is 0 Å². The Hall–Kier alpha value is -3.96. The van der Waals surface area contributed by atoms with Gasteiger partial charge in [-0.05, 0) is 62.1 Å². The molecule has 232 valence electrons. The lowest BCUT2D eigenvalue weighted by Crippen LogP contribution is -2.54. The number of likely N-dealkylation sites (tertiary alicyclic amines) is 1. The lowest BCUT2D eigenvalue weighted by molar-refractivity contribution is -0.148. The molecule has 11 heteroatoms. The minimum Gasteiger partial charge on any atom is -0.480 e. The minimum atomic E-state index is -1.12. The first-order valence-corrected chi connectivity index (χ1v) is 14.9. The molecule has 2 aliphatic rings. The number of aliphatic carboxylic acids is 1. The van der Waals surface area contributed by atoms with E-state index in [0.29, 0.717) is 44.1 Å². The largest absolute Gasteiger partial charge is 0.480 e. The average Bonchev–Trinajstić information content (AvgIpc) is 3.14. The first-order valence-electron chi connectivity index (χ1n) is 14.9. The summed E-state index contributed by atoms with van der Waals surface area (Å²) in [6, 6.07) is 15.2. The van der Waals surface area contributed by atoms with Crippen LogP contribution >= 0.6 is 0 Å². The number of esters is 1. The molecule has 11 nitrogen and oxygen atoms in total. The summed E-state index contributed by atoms with van der Waals surface area (Å²) in [6.07, 6.45) is 3.07. The van der Waals surface area contributed by atoms with Crippen molar-refractivity contribution in [3.05, 3.63) is 65.7 Å². The summed E-state index contributed by atoms with van der Waals surface area (Å²) in [5.41, 5.74) is 2.39. The van der Waals surface area contributed by atoms with Gasteiger partial charge in [-0.1, -0.05) is 48.5 Å². The van der Waals surface area contributed by atoms with Gasteiger partial charge in [-0.2, -0.15) is 0 Å². The zero-order valence-corrected chi connectivity index (χ0v) is 24.6. The van der Waals surface area contributed by atoms with E-state index in [1.54, 1.807) is 24.0 Å². The molecule has 0 aliphatic carbocycles. The third-order valence-corrected chi connectivity index (χ3v) is 7.85. The fourth-order valence-electron chi connectivity index (χ4n) is 5.50. The van der Waals surface area contributed by atoms with E-state index >= 15 is 0 Å². The smallest absolute Gasteiger partial charge is 0.410 e. The van der Waals surface area contributed by atoms with Crippen LogP contribution in [-0.2, 0) is 41.6 Å². The molecule has 0 radical (unpaired) electrons. The molecule has 1 saturated heterocycles. The van der Waals surface area contributed by atoms with Gasteiger partial charge >= 0.3 is 18.0 Å². The maximum Gasteiger partial charge on any atom is 0.410 e. The molecule has 1 fully saturated rings. The van der Waals surface area contributed by atoms with Gasteiger partial charge in [0.25, 0.3) is 0 Å². The van der Waals surface area contributed by atoms with Gasteiger partial charge in [-0.15, -0.1) is 0 Å². The van der Waals surface area contributed by atoms with E-state index in [4.69, 9.17) is 14.2 Å². The number of benzene rings is 2. The number of hydrogen-bond acceptors (Lipinski definition) is 8. The number of piperidine rings is 1. The fraction of sp³-hybridized carbons (Fsp3) is 0.500. The number of carbonyl (C=O) groups excluding carboxylic acids is 3. The fourth-order valence-corrected chi connectivity index (χ4v) is 5.50. The Balaban J connectivity index is 1.25. The monoisotopic (exact) mass is 595 g/mol. The van der Waals surface area contributed by atoms with Crippen LogP contribution in [-0.4, -0.2) is 85.5 Å². The van der Waals surface area contributed by atoms with Crippen molar-refractivity contribution < 1.29 is 38.5 Å². The number of amides is 2. The summed E-state index contributed by atoms with van der Waals surface area (Å²) < 4.78 is 16.6. The zero-order chi connectivity index (χ0) is 30.6. The number of fused-ring (bicyclic) bond motifs is 1. The van der Waals surface area contributed by atoms with E-state index in [0.717, 1.165) is 30.4 Å². The van der Waals surface area contributed by atoms with Gasteiger partial charge in [0.1, 0.15) is 19.2 Å². The minimum absolute atomic E-state index is 0.0130. The molecule has 2 aromatic rings. The number of para-hydroxylation sites is 1. The number of carboxylic acids is 1. The summed E-state index contributed by atoms with van der Waals surface area (Å²) in [4.78, 5) is 53.3. The Bertz CT molecular complexity index is 1230. The van der Waals surface area contributed by atoms with Crippen molar-refractivity contribution in [3.63, 3.8) is 0 Å². The summed E-state index contributed by atoms with van der Waals surface area (Å²) >= 11 is 0. The normalized spacial score (nSPS) is 18.0. The predicted octanol–water partition coefficient (Wildman–Crippen LogP) is 3.40. The highest BCUT2D eigenvalue weighted by Crippen LogP contribution is 2.27. The van der Waals surface area contributed by atoms with E-state index in [1.807, 2.05) is 42.5 Å². The Morgan fingerprint density at radius 1 is 1.00 bits per heavy atom. The van der Waals surface area contributed by atoms with Crippen LogP contribution in [0.2, 0.25) is 0 Å². The first kappa shape index (κ1) is 32.0. The Morgan fingerprint density at radius 2 is 1.72 bits per heavy atom. The van der Waals surface area contributed by atoms with Gasteiger partial charge in [0.05, 0.1) is 19.3 Å². The van der Waals surface area contributed by atoms with Crippen LogP contribution in [0.5, 0.6) is 0 Å². The lowest BCUT2D eigenvalue weighted by Gasteiger charge is -2.31. The summed E-state index contributed by atoms with van der Waals surface area (Å²) in [7, 11) is 0. The highest BCUT2D eigenvalue weighted by Gasteiger charge is 2.35. The van der Waals surface area contributed by atoms with Crippen molar-refractivity contribution in [2.24, 2.45) is 5.92 Å². The number of nitrogens with zero attached hydrogens (tertiary/aromatic N) is 2. The number of rotatable bonds is 13. The quantitative estimate of drug-likeness (QED) is 0.264. The third-order valence-electron chi connectivity index (χ3n) is 7.85. The molecular weight excluding hydrogens is 554 g/mol. The standard InChI is InChI=1S/C32H41N3O8/c1-2-42-31(39)27(33-26-13-12-25-10-6-7-11-28(25)35(30(26)38)20-29(36)37)22-41-19-16-23-14-17-34(18-15-23)32(40)43-21-24-8-4-3-5-9-24/h3-11,23,26-27,33H,2,12-22H2,1H3,(H,36,37)/t26-,27-/m0/s1. The van der Waals surface area contributed by atoms with Crippen molar-refractivity contribution >= 4 is 29.6 Å². The topological polar surface area (TPSA) is 135 Å². The molecule has 4 rings (SSSR count). The van der Waals surface area contributed by atoms with Crippen molar-refractivity contribution in [1.29, 1.82) is 0 Å². The van der Waals surface area contributed by atoms with Crippen molar-refractivity contribution in [2.75, 3.05) is 44.4 Å². The first-order chi connectivity index (χ1) is 20.9. The predicted molar refractivity (Wildman–Crippen MR) is 158 cm³/mol. The second-order valence-electron chi connectivity index (χ2n) is 10.8. The molecule has 2 atom stereocenters. The average molecular weight is 596 g/mol. The van der Waals surface area contributed by atoms with Crippen LogP contribution < -0.4 is 10.2 Å². The zero-order valence-electron chi connectivity index (χ0n) is 24.6. The third kappa shape index (κ3) is 9.26. The number of nitrogens with one attached hydrogen (secondary N) is 1. The van der Waals surface area contributed by atoms with E-state index in [-0.39, 0.29) is 25.9 Å². The molecule has 0 unspecified atom stereocenters. The molecule has 43 heavy (non-hydrogen) atoms. The molecule has 2 aliphatic heterocycles. The molecule has 0 spiro atoms. The molecule has 2 amide bonds. The van der Waals surface area contributed by atoms with E-state index in [9.17, 15) is 24.3 Å².